The molecule has 1 aromatic rings. The van der Waals surface area contributed by atoms with Crippen LogP contribution in [0.1, 0.15) is 5.69 Å². The van der Waals surface area contributed by atoms with Crippen LogP contribution in [-0.2, 0) is 4.79 Å². The Morgan fingerprint density at radius 3 is 2.78 bits per heavy atom. The molecule has 0 aromatic carbocycles. The predicted octanol–water partition coefficient (Wildman–Crippen LogP) is 0.588. The van der Waals surface area contributed by atoms with Crippen molar-refractivity contribution in [1.82, 2.24) is 9.97 Å². The molecular formula is C5H2ClN2O. The zero-order chi connectivity index (χ0) is 6.69. The van der Waals surface area contributed by atoms with Crippen LogP contribution in [0, 0.1) is 0 Å². The molecule has 0 fully saturated rings. The number of nitrogens with zero attached hydrogens (tertiary/aromatic N) is 2. The van der Waals surface area contributed by atoms with Crippen molar-refractivity contribution in [2.75, 3.05) is 0 Å². The van der Waals surface area contributed by atoms with Gasteiger partial charge in [0.1, 0.15) is 17.2 Å². The Morgan fingerprint density at radius 2 is 2.33 bits per heavy atom. The fraction of sp³-hybridized carbons (Fsp3) is 0. The largest absolute Gasteiger partial charge is 0.283 e. The third kappa shape index (κ3) is 1.47. The van der Waals surface area contributed by atoms with Crippen molar-refractivity contribution in [2.24, 2.45) is 0 Å². The van der Waals surface area contributed by atoms with Crippen molar-refractivity contribution in [3.05, 3.63) is 23.2 Å². The first-order valence-corrected chi connectivity index (χ1v) is 2.56. The minimum atomic E-state index is 0.176. The molecule has 1 aromatic heterocycles. The van der Waals surface area contributed by atoms with Gasteiger partial charge in [-0.1, -0.05) is 11.6 Å². The molecule has 1 heterocycles. The van der Waals surface area contributed by atoms with Crippen molar-refractivity contribution in [2.45, 2.75) is 0 Å². The number of hydrogen-bond donors (Lipinski definition) is 0. The van der Waals surface area contributed by atoms with Crippen molar-refractivity contribution >= 4 is 17.9 Å². The van der Waals surface area contributed by atoms with E-state index >= 15 is 0 Å². The Labute approximate surface area is 56.7 Å². The van der Waals surface area contributed by atoms with Gasteiger partial charge in [0.05, 0.1) is 0 Å². The van der Waals surface area contributed by atoms with Crippen LogP contribution in [0.2, 0.25) is 5.15 Å². The lowest BCUT2D eigenvalue weighted by atomic mass is 10.5. The van der Waals surface area contributed by atoms with Crippen molar-refractivity contribution in [3.63, 3.8) is 0 Å². The van der Waals surface area contributed by atoms with E-state index in [2.05, 4.69) is 9.97 Å². The lowest BCUT2D eigenvalue weighted by Gasteiger charge is -1.85. The van der Waals surface area contributed by atoms with Gasteiger partial charge < -0.3 is 0 Å². The average Bonchev–Trinajstić information content (AvgIpc) is 1.88. The second-order valence-corrected chi connectivity index (χ2v) is 1.72. The van der Waals surface area contributed by atoms with Crippen LogP contribution in [0.4, 0.5) is 0 Å². The summed E-state index contributed by atoms with van der Waals surface area (Å²) in [5, 5.41) is 0.253. The number of halogens is 1. The van der Waals surface area contributed by atoms with Crippen molar-refractivity contribution < 1.29 is 4.79 Å². The van der Waals surface area contributed by atoms with Gasteiger partial charge in [0.2, 0.25) is 0 Å². The van der Waals surface area contributed by atoms with E-state index in [4.69, 9.17) is 11.6 Å². The van der Waals surface area contributed by atoms with Crippen LogP contribution in [0.5, 0.6) is 0 Å². The zero-order valence-corrected chi connectivity index (χ0v) is 5.09. The third-order valence-electron chi connectivity index (χ3n) is 0.738. The van der Waals surface area contributed by atoms with E-state index in [9.17, 15) is 4.79 Å². The molecule has 0 aliphatic heterocycles. The van der Waals surface area contributed by atoms with Crippen molar-refractivity contribution in [1.29, 1.82) is 0 Å². The topological polar surface area (TPSA) is 42.9 Å². The van der Waals surface area contributed by atoms with Crippen LogP contribution in [-0.4, -0.2) is 16.3 Å². The van der Waals surface area contributed by atoms with Gasteiger partial charge in [-0.25, -0.2) is 9.97 Å². The third-order valence-corrected chi connectivity index (χ3v) is 0.945. The molecule has 9 heavy (non-hydrogen) atoms. The highest BCUT2D eigenvalue weighted by molar-refractivity contribution is 6.29. The summed E-state index contributed by atoms with van der Waals surface area (Å²) >= 11 is 5.39. The zero-order valence-electron chi connectivity index (χ0n) is 4.34. The summed E-state index contributed by atoms with van der Waals surface area (Å²) in [6, 6.07) is 1.34. The molecule has 0 saturated carbocycles. The minimum Gasteiger partial charge on any atom is -0.283 e. The van der Waals surface area contributed by atoms with Gasteiger partial charge in [-0.05, 0) is 0 Å². The van der Waals surface area contributed by atoms with Crippen LogP contribution in [0.15, 0.2) is 12.4 Å². The molecular weight excluding hydrogens is 140 g/mol. The highest BCUT2D eigenvalue weighted by Crippen LogP contribution is 2.00. The van der Waals surface area contributed by atoms with E-state index in [1.54, 1.807) is 6.29 Å². The van der Waals surface area contributed by atoms with Crippen LogP contribution in [0.25, 0.3) is 0 Å². The Bertz CT molecular complexity index is 226. The summed E-state index contributed by atoms with van der Waals surface area (Å²) in [6.07, 6.45) is 2.79. The molecule has 0 N–H and O–H groups in total. The maximum Gasteiger partial charge on any atom is 0.253 e. The summed E-state index contributed by atoms with van der Waals surface area (Å²) in [4.78, 5) is 17.0. The lowest BCUT2D eigenvalue weighted by Crippen LogP contribution is -1.86. The van der Waals surface area contributed by atoms with E-state index in [0.29, 0.717) is 0 Å². The highest BCUT2D eigenvalue weighted by atomic mass is 35.5. The Morgan fingerprint density at radius 1 is 1.56 bits per heavy atom. The Kier molecular flexibility index (Phi) is 1.75. The molecule has 4 heteroatoms. The molecule has 0 atom stereocenters. The molecule has 0 spiro atoms. The van der Waals surface area contributed by atoms with E-state index in [1.165, 1.54) is 12.4 Å². The summed E-state index contributed by atoms with van der Waals surface area (Å²) in [7, 11) is 0. The summed E-state index contributed by atoms with van der Waals surface area (Å²) in [5.74, 6) is 0. The summed E-state index contributed by atoms with van der Waals surface area (Å²) in [6.45, 7) is 0. The van der Waals surface area contributed by atoms with Crippen LogP contribution >= 0.6 is 11.6 Å². The summed E-state index contributed by atoms with van der Waals surface area (Å²) in [5.41, 5.74) is 0.176. The molecule has 0 bridgehead atoms. The van der Waals surface area contributed by atoms with E-state index < -0.39 is 0 Å². The average molecular weight is 142 g/mol. The Hall–Kier alpha value is -0.960. The Balaban J connectivity index is 3.07. The number of carbonyl (C=O) groups excluding carboxylic acids is 1. The van der Waals surface area contributed by atoms with Gasteiger partial charge in [-0.15, -0.1) is 0 Å². The van der Waals surface area contributed by atoms with Crippen LogP contribution < -0.4 is 0 Å². The molecule has 0 aliphatic rings. The van der Waals surface area contributed by atoms with Gasteiger partial charge >= 0.3 is 0 Å². The molecule has 0 saturated heterocycles. The van der Waals surface area contributed by atoms with Gasteiger partial charge in [0.15, 0.2) is 0 Å². The van der Waals surface area contributed by atoms with Crippen LogP contribution in [0.3, 0.4) is 0 Å². The van der Waals surface area contributed by atoms with Gasteiger partial charge in [0.25, 0.3) is 6.29 Å². The molecule has 0 unspecified atom stereocenters. The number of aromatic nitrogens is 2. The molecule has 0 amide bonds. The first-order chi connectivity index (χ1) is 4.33. The second-order valence-electron chi connectivity index (χ2n) is 1.33. The fourth-order valence-corrected chi connectivity index (χ4v) is 0.536. The maximum absolute atomic E-state index is 9.88. The predicted molar refractivity (Wildman–Crippen MR) is 31.8 cm³/mol. The summed E-state index contributed by atoms with van der Waals surface area (Å²) < 4.78 is 0. The lowest BCUT2D eigenvalue weighted by molar-refractivity contribution is 0.561. The molecule has 1 rings (SSSR count). The molecule has 1 radical (unpaired) electrons. The first-order valence-electron chi connectivity index (χ1n) is 2.18. The van der Waals surface area contributed by atoms with Gasteiger partial charge in [-0.2, -0.15) is 0 Å². The minimum absolute atomic E-state index is 0.176. The molecule has 3 nitrogen and oxygen atoms in total. The highest BCUT2D eigenvalue weighted by Gasteiger charge is 1.92. The molecule has 45 valence electrons. The quantitative estimate of drug-likeness (QED) is 0.538. The standard InChI is InChI=1S/C5H2ClN2O/c6-5-1-4(2-9)7-3-8-5/h1,3H. The SMILES string of the molecule is O=[C]c1cc(Cl)ncn1. The second kappa shape index (κ2) is 2.55. The van der Waals surface area contributed by atoms with E-state index in [0.717, 1.165) is 0 Å². The fourth-order valence-electron chi connectivity index (χ4n) is 0.389. The maximum atomic E-state index is 9.88. The van der Waals surface area contributed by atoms with E-state index in [1.807, 2.05) is 0 Å². The van der Waals surface area contributed by atoms with Crippen molar-refractivity contribution in [3.8, 4) is 0 Å². The number of rotatable bonds is 1. The number of hydrogen-bond acceptors (Lipinski definition) is 3. The smallest absolute Gasteiger partial charge is 0.253 e. The first kappa shape index (κ1) is 6.16. The van der Waals surface area contributed by atoms with E-state index in [-0.39, 0.29) is 10.8 Å². The molecule has 0 aliphatic carbocycles. The van der Waals surface area contributed by atoms with Gasteiger partial charge in [0, 0.05) is 6.07 Å². The normalized spacial score (nSPS) is 9.00. The van der Waals surface area contributed by atoms with Gasteiger partial charge in [-0.3, -0.25) is 4.79 Å². The monoisotopic (exact) mass is 141 g/mol.